The molecule has 34 heavy (non-hydrogen) atoms. The molecular weight excluding hydrogens is 462 g/mol. The average molecular weight is 490 g/mol. The molecule has 0 aromatic heterocycles. The maximum Gasteiger partial charge on any atom is 0.414 e. The summed E-state index contributed by atoms with van der Waals surface area (Å²) in [6, 6.07) is 10.5. The molecule has 10 nitrogen and oxygen atoms in total. The SMILES string of the molecule is Cc1ccc(S(=O)(=O)N(C)C2CN(C(Cc3ccc(OC(=O)N(C)C)cc3)C(=O)O)C2=O)cc1. The number of aryl methyl sites for hydroxylation is 1. The number of likely N-dealkylation sites (tertiary alicyclic amines) is 1. The highest BCUT2D eigenvalue weighted by atomic mass is 32.2. The molecule has 2 atom stereocenters. The van der Waals surface area contributed by atoms with Crippen molar-refractivity contribution in [3.8, 4) is 5.75 Å². The van der Waals surface area contributed by atoms with Gasteiger partial charge in [-0.3, -0.25) is 4.79 Å². The van der Waals surface area contributed by atoms with Crippen LogP contribution in [0.1, 0.15) is 11.1 Å². The van der Waals surface area contributed by atoms with Crippen LogP contribution < -0.4 is 4.74 Å². The molecule has 2 amide bonds. The highest BCUT2D eigenvalue weighted by molar-refractivity contribution is 7.89. The van der Waals surface area contributed by atoms with Crippen LogP contribution in [0, 0.1) is 6.92 Å². The number of carbonyl (C=O) groups excluding carboxylic acids is 2. The molecule has 1 aliphatic heterocycles. The van der Waals surface area contributed by atoms with Crippen molar-refractivity contribution in [2.24, 2.45) is 0 Å². The van der Waals surface area contributed by atoms with Crippen molar-refractivity contribution in [3.05, 3.63) is 59.7 Å². The van der Waals surface area contributed by atoms with Gasteiger partial charge in [-0.25, -0.2) is 18.0 Å². The van der Waals surface area contributed by atoms with Crippen LogP contribution in [0.2, 0.25) is 0 Å². The maximum absolute atomic E-state index is 12.9. The predicted molar refractivity (Wildman–Crippen MR) is 123 cm³/mol. The number of carboxylic acids is 1. The van der Waals surface area contributed by atoms with Crippen LogP contribution in [-0.4, -0.2) is 85.4 Å². The van der Waals surface area contributed by atoms with E-state index >= 15 is 0 Å². The number of rotatable bonds is 8. The molecule has 1 saturated heterocycles. The minimum Gasteiger partial charge on any atom is -0.480 e. The topological polar surface area (TPSA) is 125 Å². The standard InChI is InChI=1S/C23H27N3O7S/c1-15-5-11-18(12-6-15)34(31,32)25(4)20-14-26(21(20)27)19(22(28)29)13-16-7-9-17(10-8-16)33-23(30)24(2)3/h5-12,19-20H,13-14H2,1-4H3,(H,28,29). The van der Waals surface area contributed by atoms with Crippen LogP contribution in [-0.2, 0) is 26.0 Å². The van der Waals surface area contributed by atoms with Gasteiger partial charge in [0.1, 0.15) is 17.8 Å². The van der Waals surface area contributed by atoms with Crippen molar-refractivity contribution in [2.75, 3.05) is 27.7 Å². The number of amides is 2. The summed E-state index contributed by atoms with van der Waals surface area (Å²) in [7, 11) is 0.515. The molecule has 0 saturated carbocycles. The second-order valence-electron chi connectivity index (χ2n) is 8.31. The van der Waals surface area contributed by atoms with Gasteiger partial charge in [0.25, 0.3) is 0 Å². The predicted octanol–water partition coefficient (Wildman–Crippen LogP) is 1.58. The van der Waals surface area contributed by atoms with Crippen molar-refractivity contribution in [1.29, 1.82) is 0 Å². The lowest BCUT2D eigenvalue weighted by atomic mass is 9.98. The third-order valence-electron chi connectivity index (χ3n) is 5.66. The quantitative estimate of drug-likeness (QED) is 0.558. The van der Waals surface area contributed by atoms with Crippen molar-refractivity contribution in [1.82, 2.24) is 14.1 Å². The lowest BCUT2D eigenvalue weighted by molar-refractivity contribution is -0.161. The fourth-order valence-electron chi connectivity index (χ4n) is 3.47. The van der Waals surface area contributed by atoms with Crippen LogP contribution in [0.15, 0.2) is 53.4 Å². The zero-order valence-electron chi connectivity index (χ0n) is 19.3. The van der Waals surface area contributed by atoms with Gasteiger partial charge in [-0.2, -0.15) is 4.31 Å². The van der Waals surface area contributed by atoms with E-state index in [1.54, 1.807) is 38.4 Å². The summed E-state index contributed by atoms with van der Waals surface area (Å²) in [6.07, 6.45) is -0.525. The molecule has 0 spiro atoms. The molecule has 2 unspecified atom stereocenters. The zero-order chi connectivity index (χ0) is 25.2. The van der Waals surface area contributed by atoms with Crippen LogP contribution in [0.5, 0.6) is 5.75 Å². The van der Waals surface area contributed by atoms with E-state index < -0.39 is 40.1 Å². The van der Waals surface area contributed by atoms with Gasteiger partial charge in [0.15, 0.2) is 0 Å². The Morgan fingerprint density at radius 1 is 1.09 bits per heavy atom. The molecular formula is C23H27N3O7S. The first kappa shape index (κ1) is 25.2. The van der Waals surface area contributed by atoms with E-state index in [0.717, 1.165) is 14.8 Å². The Labute approximate surface area is 198 Å². The van der Waals surface area contributed by atoms with Gasteiger partial charge in [-0.15, -0.1) is 0 Å². The lowest BCUT2D eigenvalue weighted by Crippen LogP contribution is -2.68. The van der Waals surface area contributed by atoms with Crippen LogP contribution in [0.4, 0.5) is 4.79 Å². The van der Waals surface area contributed by atoms with Crippen molar-refractivity contribution < 1.29 is 32.6 Å². The minimum atomic E-state index is -3.90. The molecule has 1 fully saturated rings. The molecule has 1 aliphatic rings. The number of β-lactam (4-membered cyclic amide) rings is 1. The van der Waals surface area contributed by atoms with E-state index in [4.69, 9.17) is 4.74 Å². The minimum absolute atomic E-state index is 0.0180. The van der Waals surface area contributed by atoms with Crippen molar-refractivity contribution >= 4 is 28.0 Å². The molecule has 0 radical (unpaired) electrons. The van der Waals surface area contributed by atoms with Gasteiger partial charge in [0.05, 0.1) is 4.90 Å². The summed E-state index contributed by atoms with van der Waals surface area (Å²) in [6.45, 7) is 1.80. The number of benzene rings is 2. The summed E-state index contributed by atoms with van der Waals surface area (Å²) in [5, 5.41) is 9.71. The summed E-state index contributed by atoms with van der Waals surface area (Å²) in [5.74, 6) is -1.46. The normalized spacial score (nSPS) is 16.7. The number of hydrogen-bond donors (Lipinski definition) is 1. The second-order valence-corrected chi connectivity index (χ2v) is 10.3. The average Bonchev–Trinajstić information content (AvgIpc) is 2.78. The molecule has 1 N–H and O–H groups in total. The Hall–Kier alpha value is -3.44. The number of ether oxygens (including phenoxy) is 1. The lowest BCUT2D eigenvalue weighted by Gasteiger charge is -2.45. The van der Waals surface area contributed by atoms with E-state index in [9.17, 15) is 27.9 Å². The van der Waals surface area contributed by atoms with Gasteiger partial charge < -0.3 is 19.6 Å². The molecule has 182 valence electrons. The first-order valence-electron chi connectivity index (χ1n) is 10.5. The fourth-order valence-corrected chi connectivity index (χ4v) is 4.77. The van der Waals surface area contributed by atoms with Crippen molar-refractivity contribution in [3.63, 3.8) is 0 Å². The Morgan fingerprint density at radius 3 is 2.18 bits per heavy atom. The third-order valence-corrected chi connectivity index (χ3v) is 7.54. The van der Waals surface area contributed by atoms with E-state index in [1.807, 2.05) is 6.92 Å². The van der Waals surface area contributed by atoms with Gasteiger partial charge in [0, 0.05) is 34.1 Å². The first-order valence-corrected chi connectivity index (χ1v) is 11.9. The van der Waals surface area contributed by atoms with Crippen molar-refractivity contribution in [2.45, 2.75) is 30.3 Å². The smallest absolute Gasteiger partial charge is 0.414 e. The Balaban J connectivity index is 1.68. The number of hydrogen-bond acceptors (Lipinski definition) is 6. The number of nitrogens with zero attached hydrogens (tertiary/aromatic N) is 3. The highest BCUT2D eigenvalue weighted by Crippen LogP contribution is 2.26. The van der Waals surface area contributed by atoms with E-state index in [0.29, 0.717) is 11.3 Å². The molecule has 11 heteroatoms. The zero-order valence-corrected chi connectivity index (χ0v) is 20.2. The number of carbonyl (C=O) groups is 3. The van der Waals surface area contributed by atoms with Crippen LogP contribution >= 0.6 is 0 Å². The third kappa shape index (κ3) is 5.20. The number of carboxylic acid groups (broad SMARTS) is 1. The van der Waals surface area contributed by atoms with E-state index in [1.165, 1.54) is 36.2 Å². The number of likely N-dealkylation sites (N-methyl/N-ethyl adjacent to an activating group) is 1. The molecule has 1 heterocycles. The van der Waals surface area contributed by atoms with Gasteiger partial charge in [0.2, 0.25) is 15.9 Å². The largest absolute Gasteiger partial charge is 0.480 e. The van der Waals surface area contributed by atoms with Gasteiger partial charge >= 0.3 is 12.1 Å². The number of sulfonamides is 1. The summed E-state index contributed by atoms with van der Waals surface area (Å²) >= 11 is 0. The van der Waals surface area contributed by atoms with Gasteiger partial charge in [-0.05, 0) is 36.8 Å². The number of aliphatic carboxylic acids is 1. The van der Waals surface area contributed by atoms with Crippen LogP contribution in [0.3, 0.4) is 0 Å². The maximum atomic E-state index is 12.9. The molecule has 3 rings (SSSR count). The summed E-state index contributed by atoms with van der Waals surface area (Å²) in [5.41, 5.74) is 1.52. The molecule has 2 aromatic rings. The molecule has 0 aliphatic carbocycles. The highest BCUT2D eigenvalue weighted by Gasteiger charge is 2.48. The Bertz CT molecular complexity index is 1180. The van der Waals surface area contributed by atoms with E-state index in [2.05, 4.69) is 0 Å². The summed E-state index contributed by atoms with van der Waals surface area (Å²) in [4.78, 5) is 38.8. The van der Waals surface area contributed by atoms with E-state index in [-0.39, 0.29) is 17.9 Å². The van der Waals surface area contributed by atoms with Gasteiger partial charge in [-0.1, -0.05) is 29.8 Å². The summed E-state index contributed by atoms with van der Waals surface area (Å²) < 4.78 is 31.9. The Morgan fingerprint density at radius 2 is 1.68 bits per heavy atom. The first-order chi connectivity index (χ1) is 15.9. The Kier molecular flexibility index (Phi) is 7.27. The molecule has 2 aromatic carbocycles. The second kappa shape index (κ2) is 9.82. The monoisotopic (exact) mass is 489 g/mol. The molecule has 0 bridgehead atoms. The fraction of sp³-hybridized carbons (Fsp3) is 0.348. The van der Waals surface area contributed by atoms with Crippen LogP contribution in [0.25, 0.3) is 0 Å².